The van der Waals surface area contributed by atoms with E-state index in [0.717, 1.165) is 49.2 Å². The third-order valence-electron chi connectivity index (χ3n) is 10.00. The first-order chi connectivity index (χ1) is 21.1. The van der Waals surface area contributed by atoms with Gasteiger partial charge in [0, 0.05) is 30.2 Å². The minimum Gasteiger partial charge on any atom is -0.497 e. The van der Waals surface area contributed by atoms with Gasteiger partial charge in [0.05, 0.1) is 31.4 Å². The standard InChI is InChI=1S/C35H47ClN4O3/c1-3-43-32-24-29(42-2)15-16-30(32)34-37-31(23-25-9-5-4-6-10-25)33(26-11-13-27(36)14-12-26)40(34)35(41)39-21-17-28(18-22-39)38-19-7-8-20-38/h11-16,24-25,28,31,33H,3-10,17-23H2,1-2H3/t31-,33+/m1/s1. The molecule has 0 aromatic heterocycles. The van der Waals surface area contributed by atoms with Gasteiger partial charge in [-0.1, -0.05) is 55.8 Å². The molecular formula is C35H47ClN4O3. The van der Waals surface area contributed by atoms with E-state index < -0.39 is 0 Å². The van der Waals surface area contributed by atoms with Crippen molar-refractivity contribution in [2.45, 2.75) is 89.3 Å². The summed E-state index contributed by atoms with van der Waals surface area (Å²) in [6, 6.07) is 14.3. The zero-order chi connectivity index (χ0) is 29.8. The number of nitrogens with zero attached hydrogens (tertiary/aromatic N) is 4. The maximum absolute atomic E-state index is 14.8. The number of benzene rings is 2. The Morgan fingerprint density at radius 2 is 1.65 bits per heavy atom. The number of methoxy groups -OCH3 is 1. The lowest BCUT2D eigenvalue weighted by molar-refractivity contribution is 0.116. The molecule has 7 nitrogen and oxygen atoms in total. The second kappa shape index (κ2) is 13.9. The van der Waals surface area contributed by atoms with Crippen LogP contribution in [0.1, 0.15) is 88.3 Å². The summed E-state index contributed by atoms with van der Waals surface area (Å²) in [5, 5.41) is 0.697. The van der Waals surface area contributed by atoms with E-state index in [1.54, 1.807) is 7.11 Å². The Kier molecular flexibility index (Phi) is 9.78. The lowest BCUT2D eigenvalue weighted by Gasteiger charge is -2.40. The number of urea groups is 1. The molecule has 0 spiro atoms. The minimum atomic E-state index is -0.199. The van der Waals surface area contributed by atoms with Crippen molar-refractivity contribution >= 4 is 23.5 Å². The van der Waals surface area contributed by atoms with E-state index in [2.05, 4.69) is 21.9 Å². The van der Waals surface area contributed by atoms with E-state index in [1.165, 1.54) is 58.0 Å². The zero-order valence-corrected chi connectivity index (χ0v) is 26.6. The van der Waals surface area contributed by atoms with Gasteiger partial charge in [0.2, 0.25) is 0 Å². The number of hydrogen-bond donors (Lipinski definition) is 0. The molecule has 2 saturated heterocycles. The number of piperidine rings is 1. The molecule has 0 radical (unpaired) electrons. The van der Waals surface area contributed by atoms with Crippen molar-refractivity contribution in [2.24, 2.45) is 10.9 Å². The van der Waals surface area contributed by atoms with Crippen molar-refractivity contribution < 1.29 is 14.3 Å². The number of amides is 2. The Hall–Kier alpha value is -2.77. The molecule has 232 valence electrons. The molecule has 2 atom stereocenters. The SMILES string of the molecule is CCOc1cc(OC)ccc1C1=N[C@H](CC2CCCCC2)[C@H](c2ccc(Cl)cc2)N1C(=O)N1CCC(N2CCCC2)CC1. The summed E-state index contributed by atoms with van der Waals surface area (Å²) < 4.78 is 11.7. The van der Waals surface area contributed by atoms with Crippen LogP contribution in [-0.4, -0.2) is 78.5 Å². The summed E-state index contributed by atoms with van der Waals surface area (Å²) >= 11 is 6.36. The van der Waals surface area contributed by atoms with Gasteiger partial charge in [-0.3, -0.25) is 9.89 Å². The van der Waals surface area contributed by atoms with Crippen molar-refractivity contribution in [2.75, 3.05) is 39.9 Å². The first kappa shape index (κ1) is 30.3. The molecule has 2 aromatic rings. The largest absolute Gasteiger partial charge is 0.497 e. The third-order valence-corrected chi connectivity index (χ3v) is 10.2. The van der Waals surface area contributed by atoms with Crippen molar-refractivity contribution in [1.82, 2.24) is 14.7 Å². The molecule has 0 N–H and O–H groups in total. The van der Waals surface area contributed by atoms with Gasteiger partial charge in [0.25, 0.3) is 0 Å². The lowest BCUT2D eigenvalue weighted by Crippen LogP contribution is -2.52. The molecule has 1 saturated carbocycles. The van der Waals surface area contributed by atoms with Gasteiger partial charge in [-0.05, 0) is 87.9 Å². The van der Waals surface area contributed by atoms with E-state index in [0.29, 0.717) is 35.2 Å². The number of aliphatic imine (C=N–C) groups is 1. The Bertz CT molecular complexity index is 1260. The van der Waals surface area contributed by atoms with Crippen molar-refractivity contribution in [3.63, 3.8) is 0 Å². The van der Waals surface area contributed by atoms with Gasteiger partial charge in [0.15, 0.2) is 0 Å². The maximum Gasteiger partial charge on any atom is 0.326 e. The van der Waals surface area contributed by atoms with Crippen molar-refractivity contribution in [1.29, 1.82) is 0 Å². The van der Waals surface area contributed by atoms with Crippen LogP contribution in [0.15, 0.2) is 47.5 Å². The second-order valence-electron chi connectivity index (χ2n) is 12.7. The topological polar surface area (TPSA) is 57.6 Å². The number of likely N-dealkylation sites (tertiary alicyclic amines) is 2. The van der Waals surface area contributed by atoms with Crippen LogP contribution in [0.25, 0.3) is 0 Å². The molecule has 0 bridgehead atoms. The van der Waals surface area contributed by atoms with Crippen molar-refractivity contribution in [3.8, 4) is 11.5 Å². The Morgan fingerprint density at radius 3 is 2.33 bits per heavy atom. The average molecular weight is 607 g/mol. The van der Waals surface area contributed by atoms with Gasteiger partial charge >= 0.3 is 6.03 Å². The first-order valence-corrected chi connectivity index (χ1v) is 16.9. The summed E-state index contributed by atoms with van der Waals surface area (Å²) in [5.41, 5.74) is 1.92. The predicted molar refractivity (Wildman–Crippen MR) is 173 cm³/mol. The van der Waals surface area contributed by atoms with Crippen LogP contribution >= 0.6 is 11.6 Å². The number of rotatable bonds is 8. The number of halogens is 1. The fraction of sp³-hybridized carbons (Fsp3) is 0.600. The monoisotopic (exact) mass is 606 g/mol. The average Bonchev–Trinajstić information content (AvgIpc) is 3.71. The molecule has 4 aliphatic rings. The van der Waals surface area contributed by atoms with E-state index in [1.807, 2.05) is 42.2 Å². The summed E-state index contributed by atoms with van der Waals surface area (Å²) in [7, 11) is 1.66. The molecule has 8 heteroatoms. The van der Waals surface area contributed by atoms with Crippen LogP contribution < -0.4 is 9.47 Å². The van der Waals surface area contributed by atoms with Crippen LogP contribution in [0.2, 0.25) is 5.02 Å². The lowest BCUT2D eigenvalue weighted by atomic mass is 9.82. The minimum absolute atomic E-state index is 0.0399. The molecule has 1 aliphatic carbocycles. The van der Waals surface area contributed by atoms with Crippen LogP contribution in [-0.2, 0) is 0 Å². The van der Waals surface area contributed by atoms with Crippen LogP contribution in [0.3, 0.4) is 0 Å². The Labute approximate surface area is 262 Å². The fourth-order valence-electron chi connectivity index (χ4n) is 7.75. The quantitative estimate of drug-likeness (QED) is 0.311. The number of carbonyl (C=O) groups excluding carboxylic acids is 1. The zero-order valence-electron chi connectivity index (χ0n) is 25.8. The second-order valence-corrected chi connectivity index (χ2v) is 13.1. The molecule has 2 amide bonds. The van der Waals surface area contributed by atoms with Gasteiger partial charge in [0.1, 0.15) is 17.3 Å². The van der Waals surface area contributed by atoms with E-state index in [-0.39, 0.29) is 18.1 Å². The smallest absolute Gasteiger partial charge is 0.326 e. The summed E-state index contributed by atoms with van der Waals surface area (Å²) in [6.07, 6.45) is 12.0. The highest BCUT2D eigenvalue weighted by Crippen LogP contribution is 2.42. The summed E-state index contributed by atoms with van der Waals surface area (Å²) in [4.78, 5) is 26.9. The fourth-order valence-corrected chi connectivity index (χ4v) is 7.88. The third kappa shape index (κ3) is 6.68. The first-order valence-electron chi connectivity index (χ1n) is 16.5. The number of amidine groups is 1. The van der Waals surface area contributed by atoms with E-state index in [4.69, 9.17) is 26.1 Å². The Morgan fingerprint density at radius 1 is 0.930 bits per heavy atom. The van der Waals surface area contributed by atoms with Gasteiger partial charge < -0.3 is 19.3 Å². The van der Waals surface area contributed by atoms with Crippen LogP contribution in [0.4, 0.5) is 4.79 Å². The van der Waals surface area contributed by atoms with E-state index in [9.17, 15) is 4.79 Å². The predicted octanol–water partition coefficient (Wildman–Crippen LogP) is 7.57. The molecule has 3 fully saturated rings. The highest BCUT2D eigenvalue weighted by Gasteiger charge is 2.45. The van der Waals surface area contributed by atoms with Gasteiger partial charge in [-0.25, -0.2) is 4.79 Å². The highest BCUT2D eigenvalue weighted by atomic mass is 35.5. The highest BCUT2D eigenvalue weighted by molar-refractivity contribution is 6.30. The number of hydrogen-bond acceptors (Lipinski definition) is 5. The summed E-state index contributed by atoms with van der Waals surface area (Å²) in [5.74, 6) is 2.74. The normalized spacial score (nSPS) is 23.9. The molecule has 0 unspecified atom stereocenters. The Balaban J connectivity index is 1.37. The number of ether oxygens (including phenoxy) is 2. The maximum atomic E-state index is 14.8. The van der Waals surface area contributed by atoms with Crippen molar-refractivity contribution in [3.05, 3.63) is 58.6 Å². The van der Waals surface area contributed by atoms with E-state index >= 15 is 0 Å². The number of carbonyl (C=O) groups is 1. The molecule has 6 rings (SSSR count). The molecular weight excluding hydrogens is 560 g/mol. The van der Waals surface area contributed by atoms with Gasteiger partial charge in [-0.15, -0.1) is 0 Å². The molecule has 2 aromatic carbocycles. The molecule has 43 heavy (non-hydrogen) atoms. The van der Waals surface area contributed by atoms with Crippen LogP contribution in [0.5, 0.6) is 11.5 Å². The molecule has 3 aliphatic heterocycles. The van der Waals surface area contributed by atoms with Crippen LogP contribution in [0, 0.1) is 5.92 Å². The summed E-state index contributed by atoms with van der Waals surface area (Å²) in [6.45, 7) is 6.42. The molecule has 3 heterocycles. The van der Waals surface area contributed by atoms with Gasteiger partial charge in [-0.2, -0.15) is 0 Å².